The highest BCUT2D eigenvalue weighted by molar-refractivity contribution is 9.10. The Morgan fingerprint density at radius 2 is 2.08 bits per heavy atom. The van der Waals surface area contributed by atoms with Gasteiger partial charge in [-0.05, 0) is 65.2 Å². The van der Waals surface area contributed by atoms with Crippen LogP contribution in [-0.2, 0) is 11.3 Å². The molecular formula is C20H20BrN3O2. The molecule has 0 radical (unpaired) electrons. The molecule has 5 nitrogen and oxygen atoms in total. The van der Waals surface area contributed by atoms with Crippen molar-refractivity contribution in [2.45, 2.75) is 26.5 Å². The van der Waals surface area contributed by atoms with Crippen molar-refractivity contribution in [3.63, 3.8) is 0 Å². The predicted molar refractivity (Wildman–Crippen MR) is 104 cm³/mol. The maximum atomic E-state index is 12.4. The summed E-state index contributed by atoms with van der Waals surface area (Å²) in [5.41, 5.74) is 3.04. The van der Waals surface area contributed by atoms with Gasteiger partial charge in [-0.15, -0.1) is 0 Å². The third-order valence-electron chi connectivity index (χ3n) is 3.96. The molecule has 1 N–H and O–H groups in total. The second kappa shape index (κ2) is 8.19. The average Bonchev–Trinajstić information content (AvgIpc) is 3.16. The molecule has 26 heavy (non-hydrogen) atoms. The Morgan fingerprint density at radius 1 is 1.27 bits per heavy atom. The van der Waals surface area contributed by atoms with Crippen LogP contribution in [0.1, 0.15) is 18.1 Å². The number of amides is 1. The van der Waals surface area contributed by atoms with E-state index in [-0.39, 0.29) is 5.91 Å². The number of hydrogen-bond donors (Lipinski definition) is 1. The molecule has 0 bridgehead atoms. The molecule has 1 heterocycles. The summed E-state index contributed by atoms with van der Waals surface area (Å²) in [6, 6.07) is 15.5. The fourth-order valence-electron chi connectivity index (χ4n) is 2.57. The number of halogens is 1. The molecule has 0 aliphatic carbocycles. The van der Waals surface area contributed by atoms with E-state index in [2.05, 4.69) is 26.3 Å². The van der Waals surface area contributed by atoms with Gasteiger partial charge in [0.25, 0.3) is 5.91 Å². The van der Waals surface area contributed by atoms with E-state index in [1.54, 1.807) is 17.8 Å². The SMILES string of the molecule is Cc1ccc(OC(C)C(=O)NCc2ccccc2-n2cccn2)c(Br)c1. The maximum absolute atomic E-state index is 12.4. The molecule has 1 unspecified atom stereocenters. The number of rotatable bonds is 6. The summed E-state index contributed by atoms with van der Waals surface area (Å²) in [6.07, 6.45) is 3.00. The third-order valence-corrected chi connectivity index (χ3v) is 4.58. The molecule has 6 heteroatoms. The largest absolute Gasteiger partial charge is 0.480 e. The van der Waals surface area contributed by atoms with Gasteiger partial charge in [0.1, 0.15) is 5.75 Å². The number of ether oxygens (including phenoxy) is 1. The smallest absolute Gasteiger partial charge is 0.261 e. The maximum Gasteiger partial charge on any atom is 0.261 e. The number of carbonyl (C=O) groups is 1. The zero-order chi connectivity index (χ0) is 18.5. The summed E-state index contributed by atoms with van der Waals surface area (Å²) >= 11 is 3.47. The van der Waals surface area contributed by atoms with Crippen LogP contribution in [0.4, 0.5) is 0 Å². The standard InChI is InChI=1S/C20H20BrN3O2/c1-14-8-9-19(17(21)12-14)26-15(2)20(25)22-13-16-6-3-4-7-18(16)24-11-5-10-23-24/h3-12,15H,13H2,1-2H3,(H,22,25). The minimum absolute atomic E-state index is 0.173. The number of nitrogens with one attached hydrogen (secondary N) is 1. The number of aromatic nitrogens is 2. The van der Waals surface area contributed by atoms with Crippen molar-refractivity contribution in [3.8, 4) is 11.4 Å². The van der Waals surface area contributed by atoms with Gasteiger partial charge in [-0.2, -0.15) is 5.10 Å². The Kier molecular flexibility index (Phi) is 5.73. The van der Waals surface area contributed by atoms with Gasteiger partial charge in [-0.3, -0.25) is 4.79 Å². The van der Waals surface area contributed by atoms with Gasteiger partial charge in [0.15, 0.2) is 6.10 Å². The molecule has 1 amide bonds. The van der Waals surface area contributed by atoms with E-state index in [0.717, 1.165) is 21.3 Å². The highest BCUT2D eigenvalue weighted by atomic mass is 79.9. The first-order chi connectivity index (χ1) is 12.5. The van der Waals surface area contributed by atoms with Crippen LogP contribution in [0.2, 0.25) is 0 Å². The fraction of sp³-hybridized carbons (Fsp3) is 0.200. The van der Waals surface area contributed by atoms with Crippen LogP contribution in [0, 0.1) is 6.92 Å². The zero-order valence-corrected chi connectivity index (χ0v) is 16.2. The quantitative estimate of drug-likeness (QED) is 0.663. The molecule has 0 fully saturated rings. The van der Waals surface area contributed by atoms with Crippen molar-refractivity contribution in [3.05, 3.63) is 76.5 Å². The zero-order valence-electron chi connectivity index (χ0n) is 14.6. The molecule has 0 aliphatic heterocycles. The lowest BCUT2D eigenvalue weighted by Crippen LogP contribution is -2.36. The lowest BCUT2D eigenvalue weighted by atomic mass is 10.1. The number of aryl methyl sites for hydroxylation is 1. The Labute approximate surface area is 161 Å². The molecule has 0 saturated carbocycles. The summed E-state index contributed by atoms with van der Waals surface area (Å²) < 4.78 is 8.39. The van der Waals surface area contributed by atoms with Crippen LogP contribution in [0.15, 0.2) is 65.4 Å². The van der Waals surface area contributed by atoms with Gasteiger partial charge in [0, 0.05) is 18.9 Å². The number of benzene rings is 2. The molecule has 0 spiro atoms. The first-order valence-corrected chi connectivity index (χ1v) is 9.12. The lowest BCUT2D eigenvalue weighted by Gasteiger charge is -2.17. The third kappa shape index (κ3) is 4.32. The molecule has 0 aliphatic rings. The average molecular weight is 414 g/mol. The van der Waals surface area contributed by atoms with Gasteiger partial charge in [-0.25, -0.2) is 4.68 Å². The summed E-state index contributed by atoms with van der Waals surface area (Å²) in [7, 11) is 0. The van der Waals surface area contributed by atoms with E-state index in [9.17, 15) is 4.79 Å². The molecule has 3 aromatic rings. The Hall–Kier alpha value is -2.60. The normalized spacial score (nSPS) is 11.8. The molecule has 1 aromatic heterocycles. The number of carbonyl (C=O) groups excluding carboxylic acids is 1. The van der Waals surface area contributed by atoms with Crippen molar-refractivity contribution in [1.82, 2.24) is 15.1 Å². The van der Waals surface area contributed by atoms with Gasteiger partial charge in [0.05, 0.1) is 10.2 Å². The van der Waals surface area contributed by atoms with E-state index in [1.165, 1.54) is 0 Å². The molecule has 3 rings (SSSR count). The van der Waals surface area contributed by atoms with Crippen molar-refractivity contribution >= 4 is 21.8 Å². The van der Waals surface area contributed by atoms with Crippen molar-refractivity contribution < 1.29 is 9.53 Å². The van der Waals surface area contributed by atoms with Crippen molar-refractivity contribution in [2.75, 3.05) is 0 Å². The topological polar surface area (TPSA) is 56.1 Å². The molecule has 0 saturated heterocycles. The van der Waals surface area contributed by atoms with Crippen molar-refractivity contribution in [1.29, 1.82) is 0 Å². The van der Waals surface area contributed by atoms with Crippen LogP contribution in [-0.4, -0.2) is 21.8 Å². The predicted octanol–water partition coefficient (Wildman–Crippen LogP) is 4.03. The molecule has 134 valence electrons. The monoisotopic (exact) mass is 413 g/mol. The summed E-state index contributed by atoms with van der Waals surface area (Å²) in [6.45, 7) is 4.14. The van der Waals surface area contributed by atoms with Crippen LogP contribution in [0.25, 0.3) is 5.69 Å². The molecular weight excluding hydrogens is 394 g/mol. The van der Waals surface area contributed by atoms with Crippen LogP contribution in [0.5, 0.6) is 5.75 Å². The minimum Gasteiger partial charge on any atom is -0.480 e. The van der Waals surface area contributed by atoms with E-state index >= 15 is 0 Å². The van der Waals surface area contributed by atoms with E-state index in [4.69, 9.17) is 4.74 Å². The molecule has 2 aromatic carbocycles. The van der Waals surface area contributed by atoms with Gasteiger partial charge >= 0.3 is 0 Å². The summed E-state index contributed by atoms with van der Waals surface area (Å²) in [4.78, 5) is 12.4. The Balaban J connectivity index is 1.64. The second-order valence-electron chi connectivity index (χ2n) is 5.99. The summed E-state index contributed by atoms with van der Waals surface area (Å²) in [5.74, 6) is 0.475. The highest BCUT2D eigenvalue weighted by Crippen LogP contribution is 2.26. The Bertz CT molecular complexity index is 894. The number of nitrogens with zero attached hydrogens (tertiary/aromatic N) is 2. The molecule has 1 atom stereocenters. The minimum atomic E-state index is -0.606. The first kappa shape index (κ1) is 18.2. The number of para-hydroxylation sites is 1. The van der Waals surface area contributed by atoms with E-state index in [0.29, 0.717) is 12.3 Å². The Morgan fingerprint density at radius 3 is 2.81 bits per heavy atom. The van der Waals surface area contributed by atoms with Crippen LogP contribution < -0.4 is 10.1 Å². The van der Waals surface area contributed by atoms with Crippen molar-refractivity contribution in [2.24, 2.45) is 0 Å². The van der Waals surface area contributed by atoms with Gasteiger partial charge in [0.2, 0.25) is 0 Å². The van der Waals surface area contributed by atoms with Crippen LogP contribution in [0.3, 0.4) is 0 Å². The van der Waals surface area contributed by atoms with Gasteiger partial charge < -0.3 is 10.1 Å². The van der Waals surface area contributed by atoms with Gasteiger partial charge in [-0.1, -0.05) is 24.3 Å². The second-order valence-corrected chi connectivity index (χ2v) is 6.85. The summed E-state index contributed by atoms with van der Waals surface area (Å²) in [5, 5.41) is 7.19. The first-order valence-electron chi connectivity index (χ1n) is 8.33. The fourth-order valence-corrected chi connectivity index (χ4v) is 3.15. The van der Waals surface area contributed by atoms with E-state index in [1.807, 2.05) is 61.7 Å². The number of hydrogen-bond acceptors (Lipinski definition) is 3. The van der Waals surface area contributed by atoms with Crippen LogP contribution >= 0.6 is 15.9 Å². The lowest BCUT2D eigenvalue weighted by molar-refractivity contribution is -0.127. The van der Waals surface area contributed by atoms with E-state index < -0.39 is 6.10 Å². The highest BCUT2D eigenvalue weighted by Gasteiger charge is 2.16.